The van der Waals surface area contributed by atoms with Crippen molar-refractivity contribution in [3.05, 3.63) is 29.8 Å². The van der Waals surface area contributed by atoms with Gasteiger partial charge in [-0.25, -0.2) is 0 Å². The van der Waals surface area contributed by atoms with Gasteiger partial charge >= 0.3 is 0 Å². The molecule has 2 nitrogen and oxygen atoms in total. The molecule has 0 saturated heterocycles. The number of rotatable bonds is 9. The zero-order chi connectivity index (χ0) is 14.1. The number of nitrogens with one attached hydrogen (secondary N) is 1. The lowest BCUT2D eigenvalue weighted by Gasteiger charge is -2.22. The van der Waals surface area contributed by atoms with Crippen LogP contribution in [0.5, 0.6) is 5.75 Å². The topological polar surface area (TPSA) is 21.3 Å². The van der Waals surface area contributed by atoms with Crippen LogP contribution in [0.2, 0.25) is 0 Å². The van der Waals surface area contributed by atoms with Crippen molar-refractivity contribution in [1.82, 2.24) is 5.32 Å². The Labute approximate surface area is 118 Å². The van der Waals surface area contributed by atoms with Crippen LogP contribution in [0.25, 0.3) is 0 Å². The second-order valence-electron chi connectivity index (χ2n) is 5.36. The van der Waals surface area contributed by atoms with Crippen molar-refractivity contribution in [1.29, 1.82) is 0 Å². The molecular formula is C17H29NO. The molecule has 1 aromatic rings. The quantitative estimate of drug-likeness (QED) is 0.729. The van der Waals surface area contributed by atoms with Crippen LogP contribution in [0.4, 0.5) is 0 Å². The highest BCUT2D eigenvalue weighted by Gasteiger charge is 2.16. The van der Waals surface area contributed by atoms with Crippen LogP contribution in [-0.2, 0) is 6.42 Å². The predicted octanol–water partition coefficient (Wildman–Crippen LogP) is 3.90. The molecule has 1 aromatic carbocycles. The molecule has 2 heteroatoms. The van der Waals surface area contributed by atoms with E-state index in [1.807, 2.05) is 13.1 Å². The maximum Gasteiger partial charge on any atom is 0.122 e. The second kappa shape index (κ2) is 8.98. The highest BCUT2D eigenvalue weighted by atomic mass is 16.5. The fourth-order valence-corrected chi connectivity index (χ4v) is 2.80. The summed E-state index contributed by atoms with van der Waals surface area (Å²) in [4.78, 5) is 0. The molecule has 0 spiro atoms. The lowest BCUT2D eigenvalue weighted by molar-refractivity contribution is 0.338. The van der Waals surface area contributed by atoms with Gasteiger partial charge in [0.15, 0.2) is 0 Å². The van der Waals surface area contributed by atoms with Crippen molar-refractivity contribution in [3.63, 3.8) is 0 Å². The van der Waals surface area contributed by atoms with Gasteiger partial charge in [-0.2, -0.15) is 0 Å². The average molecular weight is 263 g/mol. The van der Waals surface area contributed by atoms with Gasteiger partial charge in [0.2, 0.25) is 0 Å². The van der Waals surface area contributed by atoms with Crippen molar-refractivity contribution in [2.75, 3.05) is 20.7 Å². The van der Waals surface area contributed by atoms with E-state index in [1.165, 1.54) is 24.8 Å². The summed E-state index contributed by atoms with van der Waals surface area (Å²) in [7, 11) is 3.80. The van der Waals surface area contributed by atoms with Gasteiger partial charge in [-0.15, -0.1) is 0 Å². The molecule has 1 unspecified atom stereocenters. The first-order valence-electron chi connectivity index (χ1n) is 7.51. The van der Waals surface area contributed by atoms with Gasteiger partial charge in [0.05, 0.1) is 7.11 Å². The summed E-state index contributed by atoms with van der Waals surface area (Å²) < 4.78 is 5.46. The van der Waals surface area contributed by atoms with Crippen LogP contribution in [0, 0.1) is 11.8 Å². The summed E-state index contributed by atoms with van der Waals surface area (Å²) in [5.41, 5.74) is 1.33. The highest BCUT2D eigenvalue weighted by Crippen LogP contribution is 2.26. The number of hydrogen-bond donors (Lipinski definition) is 1. The molecule has 1 N–H and O–H groups in total. The van der Waals surface area contributed by atoms with E-state index < -0.39 is 0 Å². The molecule has 0 aliphatic rings. The van der Waals surface area contributed by atoms with Crippen molar-refractivity contribution in [3.8, 4) is 5.75 Å². The zero-order valence-electron chi connectivity index (χ0n) is 12.9. The average Bonchev–Trinajstić information content (AvgIpc) is 2.45. The Morgan fingerprint density at radius 1 is 1.11 bits per heavy atom. The van der Waals surface area contributed by atoms with Crippen LogP contribution in [0.3, 0.4) is 0 Å². The summed E-state index contributed by atoms with van der Waals surface area (Å²) in [5.74, 6) is 2.55. The molecule has 0 aliphatic heterocycles. The molecule has 0 saturated carbocycles. The SMILES string of the molecule is CCC(CC)CC(CNC)Cc1ccccc1OC. The lowest BCUT2D eigenvalue weighted by atomic mass is 9.86. The molecule has 1 atom stereocenters. The first kappa shape index (κ1) is 16.0. The fraction of sp³-hybridized carbons (Fsp3) is 0.647. The van der Waals surface area contributed by atoms with E-state index in [2.05, 4.69) is 37.4 Å². The molecule has 0 bridgehead atoms. The summed E-state index contributed by atoms with van der Waals surface area (Å²) in [6.07, 6.45) is 4.96. The molecule has 0 aromatic heterocycles. The minimum atomic E-state index is 0.686. The molecule has 19 heavy (non-hydrogen) atoms. The van der Waals surface area contributed by atoms with Crippen LogP contribution < -0.4 is 10.1 Å². The Morgan fingerprint density at radius 3 is 2.37 bits per heavy atom. The van der Waals surface area contributed by atoms with Crippen molar-refractivity contribution in [2.45, 2.75) is 39.5 Å². The smallest absolute Gasteiger partial charge is 0.122 e. The summed E-state index contributed by atoms with van der Waals surface area (Å²) in [5, 5.41) is 3.34. The van der Waals surface area contributed by atoms with Crippen LogP contribution in [0.1, 0.15) is 38.7 Å². The van der Waals surface area contributed by atoms with E-state index in [9.17, 15) is 0 Å². The maximum atomic E-state index is 5.46. The molecule has 1 rings (SSSR count). The van der Waals surface area contributed by atoms with Crippen molar-refractivity contribution in [2.24, 2.45) is 11.8 Å². The summed E-state index contributed by atoms with van der Waals surface area (Å²) >= 11 is 0. The molecule has 0 radical (unpaired) electrons. The first-order chi connectivity index (χ1) is 9.24. The molecule has 0 aliphatic carbocycles. The number of benzene rings is 1. The second-order valence-corrected chi connectivity index (χ2v) is 5.36. The predicted molar refractivity (Wildman–Crippen MR) is 82.8 cm³/mol. The minimum absolute atomic E-state index is 0.686. The van der Waals surface area contributed by atoms with E-state index in [4.69, 9.17) is 4.74 Å². The Morgan fingerprint density at radius 2 is 1.79 bits per heavy atom. The Bertz CT molecular complexity index is 347. The van der Waals surface area contributed by atoms with Crippen LogP contribution in [0.15, 0.2) is 24.3 Å². The third-order valence-corrected chi connectivity index (χ3v) is 4.02. The van der Waals surface area contributed by atoms with Gasteiger partial charge in [-0.05, 0) is 49.9 Å². The maximum absolute atomic E-state index is 5.46. The zero-order valence-corrected chi connectivity index (χ0v) is 12.9. The first-order valence-corrected chi connectivity index (χ1v) is 7.51. The third-order valence-electron chi connectivity index (χ3n) is 4.02. The fourth-order valence-electron chi connectivity index (χ4n) is 2.80. The van der Waals surface area contributed by atoms with Gasteiger partial charge in [-0.1, -0.05) is 44.9 Å². The molecule has 0 heterocycles. The molecule has 0 fully saturated rings. The Kier molecular flexibility index (Phi) is 7.57. The van der Waals surface area contributed by atoms with E-state index in [-0.39, 0.29) is 0 Å². The number of hydrogen-bond acceptors (Lipinski definition) is 2. The molecule has 108 valence electrons. The van der Waals surface area contributed by atoms with E-state index >= 15 is 0 Å². The minimum Gasteiger partial charge on any atom is -0.496 e. The highest BCUT2D eigenvalue weighted by molar-refractivity contribution is 5.33. The van der Waals surface area contributed by atoms with E-state index in [0.29, 0.717) is 5.92 Å². The number of para-hydroxylation sites is 1. The van der Waals surface area contributed by atoms with Gasteiger partial charge in [0, 0.05) is 0 Å². The lowest BCUT2D eigenvalue weighted by Crippen LogP contribution is -2.23. The summed E-state index contributed by atoms with van der Waals surface area (Å²) in [6.45, 7) is 5.68. The van der Waals surface area contributed by atoms with E-state index in [1.54, 1.807) is 7.11 Å². The van der Waals surface area contributed by atoms with Crippen LogP contribution >= 0.6 is 0 Å². The third kappa shape index (κ3) is 5.23. The van der Waals surface area contributed by atoms with Gasteiger partial charge in [-0.3, -0.25) is 0 Å². The van der Waals surface area contributed by atoms with Gasteiger partial charge in [0.1, 0.15) is 5.75 Å². The van der Waals surface area contributed by atoms with Crippen molar-refractivity contribution >= 4 is 0 Å². The molecule has 0 amide bonds. The number of methoxy groups -OCH3 is 1. The molecular weight excluding hydrogens is 234 g/mol. The van der Waals surface area contributed by atoms with E-state index in [0.717, 1.165) is 24.6 Å². The summed E-state index contributed by atoms with van der Waals surface area (Å²) in [6, 6.07) is 8.39. The standard InChI is InChI=1S/C17H29NO/c1-5-14(6-2)11-15(13-18-3)12-16-9-7-8-10-17(16)19-4/h7-10,14-15,18H,5-6,11-13H2,1-4H3. The Balaban J connectivity index is 2.71. The van der Waals surface area contributed by atoms with Crippen molar-refractivity contribution < 1.29 is 4.74 Å². The van der Waals surface area contributed by atoms with Gasteiger partial charge in [0.25, 0.3) is 0 Å². The normalized spacial score (nSPS) is 12.7. The van der Waals surface area contributed by atoms with Gasteiger partial charge < -0.3 is 10.1 Å². The van der Waals surface area contributed by atoms with Crippen LogP contribution in [-0.4, -0.2) is 20.7 Å². The number of ether oxygens (including phenoxy) is 1. The monoisotopic (exact) mass is 263 g/mol. The Hall–Kier alpha value is -1.02. The largest absolute Gasteiger partial charge is 0.496 e.